The zero-order valence-electron chi connectivity index (χ0n) is 33.9. The highest BCUT2D eigenvalue weighted by molar-refractivity contribution is 7.25. The molecular formula is C57H35N5S. The molecule has 0 unspecified atom stereocenters. The van der Waals surface area contributed by atoms with E-state index in [1.54, 1.807) is 0 Å². The molecule has 5 nitrogen and oxygen atoms in total. The van der Waals surface area contributed by atoms with Gasteiger partial charge in [0.2, 0.25) is 11.9 Å². The van der Waals surface area contributed by atoms with Crippen molar-refractivity contribution < 1.29 is 0 Å². The molecule has 0 aliphatic carbocycles. The third-order valence-electron chi connectivity index (χ3n) is 12.4. The molecule has 4 aromatic heterocycles. The van der Waals surface area contributed by atoms with Gasteiger partial charge in [0.05, 0.1) is 22.1 Å². The van der Waals surface area contributed by atoms with E-state index in [2.05, 4.69) is 221 Å². The third-order valence-corrected chi connectivity index (χ3v) is 13.6. The van der Waals surface area contributed by atoms with Gasteiger partial charge in [-0.15, -0.1) is 11.3 Å². The maximum absolute atomic E-state index is 5.39. The summed E-state index contributed by atoms with van der Waals surface area (Å²) >= 11 is 1.85. The molecule has 13 aromatic rings. The number of nitrogens with zero attached hydrogens (tertiary/aromatic N) is 5. The van der Waals surface area contributed by atoms with E-state index in [4.69, 9.17) is 15.0 Å². The lowest BCUT2D eigenvalue weighted by atomic mass is 9.98. The predicted octanol–water partition coefficient (Wildman–Crippen LogP) is 15.1. The summed E-state index contributed by atoms with van der Waals surface area (Å²) in [4.78, 5) is 16.0. The fraction of sp³-hybridized carbons (Fsp3) is 0. The normalized spacial score (nSPS) is 11.8. The van der Waals surface area contributed by atoms with Gasteiger partial charge in [-0.2, -0.15) is 15.0 Å². The lowest BCUT2D eigenvalue weighted by Gasteiger charge is -2.13. The Morgan fingerprint density at radius 2 is 0.698 bits per heavy atom. The molecule has 294 valence electrons. The van der Waals surface area contributed by atoms with E-state index >= 15 is 0 Å². The van der Waals surface area contributed by atoms with Crippen LogP contribution in [0.5, 0.6) is 0 Å². The summed E-state index contributed by atoms with van der Waals surface area (Å²) in [5, 5.41) is 7.21. The largest absolute Gasteiger partial charge is 0.278 e. The molecule has 0 aliphatic rings. The van der Waals surface area contributed by atoms with Crippen LogP contribution in [0.1, 0.15) is 0 Å². The van der Waals surface area contributed by atoms with Gasteiger partial charge in [-0.1, -0.05) is 170 Å². The molecule has 0 aliphatic heterocycles. The Morgan fingerprint density at radius 3 is 1.37 bits per heavy atom. The molecule has 0 saturated carbocycles. The summed E-state index contributed by atoms with van der Waals surface area (Å²) in [5.74, 6) is 1.71. The lowest BCUT2D eigenvalue weighted by Crippen LogP contribution is -2.10. The second-order valence-electron chi connectivity index (χ2n) is 16.0. The lowest BCUT2D eigenvalue weighted by molar-refractivity contribution is 0.893. The van der Waals surface area contributed by atoms with Gasteiger partial charge in [0.25, 0.3) is 0 Å². The second kappa shape index (κ2) is 14.2. The number of hydrogen-bond acceptors (Lipinski definition) is 4. The van der Waals surface area contributed by atoms with Crippen LogP contribution in [-0.4, -0.2) is 24.1 Å². The maximum atomic E-state index is 5.39. The summed E-state index contributed by atoms with van der Waals surface area (Å²) in [5.41, 5.74) is 12.0. The number of fused-ring (bicyclic) bond motifs is 9. The van der Waals surface area contributed by atoms with E-state index < -0.39 is 0 Å². The van der Waals surface area contributed by atoms with Crippen LogP contribution >= 0.6 is 11.3 Å². The molecule has 0 spiro atoms. The first-order valence-electron chi connectivity index (χ1n) is 21.2. The standard InChI is InChI=1S/C57H35N5S/c1-2-13-36(14-3-1)41-29-31-46-45-19-6-10-23-51(45)62(52(46)34-41)57-59-55(58-56(60-57)61-49-21-8-4-17-43(49)44-18-5-9-22-50(44)61)38-27-25-37(26-28-38)39-15-12-16-40(33-39)42-30-32-48-47-20-7-11-24-53(47)63-54(48)35-42/h1-35H. The smallest absolute Gasteiger partial charge is 0.240 e. The maximum Gasteiger partial charge on any atom is 0.240 e. The Kier molecular flexibility index (Phi) is 8.01. The Labute approximate surface area is 366 Å². The highest BCUT2D eigenvalue weighted by Crippen LogP contribution is 2.39. The number of para-hydroxylation sites is 3. The monoisotopic (exact) mass is 821 g/mol. The molecule has 0 atom stereocenters. The first-order chi connectivity index (χ1) is 31.2. The van der Waals surface area contributed by atoms with Crippen molar-refractivity contribution in [1.82, 2.24) is 24.1 Å². The van der Waals surface area contributed by atoms with Crippen LogP contribution in [0.15, 0.2) is 212 Å². The third kappa shape index (κ3) is 5.80. The SMILES string of the molecule is c1ccc(-c2ccc3c4ccccc4n(-c4nc(-c5ccc(-c6cccc(-c7ccc8c(c7)sc7ccccc78)c6)cc5)nc(-n5c6ccccc6c6ccccc65)n4)c3c2)cc1. The zero-order chi connectivity index (χ0) is 41.4. The van der Waals surface area contributed by atoms with Crippen LogP contribution in [0, 0.1) is 0 Å². The zero-order valence-corrected chi connectivity index (χ0v) is 34.7. The van der Waals surface area contributed by atoms with Crippen molar-refractivity contribution in [2.45, 2.75) is 0 Å². The molecule has 13 rings (SSSR count). The van der Waals surface area contributed by atoms with Crippen molar-refractivity contribution in [1.29, 1.82) is 0 Å². The van der Waals surface area contributed by atoms with E-state index in [9.17, 15) is 0 Å². The summed E-state index contributed by atoms with van der Waals surface area (Å²) in [6.45, 7) is 0. The first-order valence-corrected chi connectivity index (χ1v) is 22.0. The van der Waals surface area contributed by atoms with Gasteiger partial charge in [0, 0.05) is 47.3 Å². The molecule has 0 N–H and O–H groups in total. The Bertz CT molecular complexity index is 3860. The molecule has 4 heterocycles. The fourth-order valence-corrected chi connectivity index (χ4v) is 10.6. The number of aromatic nitrogens is 5. The minimum Gasteiger partial charge on any atom is -0.278 e. The van der Waals surface area contributed by atoms with Gasteiger partial charge in [0.1, 0.15) is 0 Å². The minimum absolute atomic E-state index is 0.556. The molecular weight excluding hydrogens is 787 g/mol. The van der Waals surface area contributed by atoms with Crippen molar-refractivity contribution in [2.75, 3.05) is 0 Å². The number of thiophene rings is 1. The molecule has 6 heteroatoms. The molecule has 0 radical (unpaired) electrons. The number of benzene rings is 9. The molecule has 0 bridgehead atoms. The predicted molar refractivity (Wildman–Crippen MR) is 263 cm³/mol. The Morgan fingerprint density at radius 1 is 0.270 bits per heavy atom. The first kappa shape index (κ1) is 35.6. The van der Waals surface area contributed by atoms with Gasteiger partial charge >= 0.3 is 0 Å². The van der Waals surface area contributed by atoms with Crippen LogP contribution in [0.4, 0.5) is 0 Å². The van der Waals surface area contributed by atoms with E-state index in [0.717, 1.165) is 71.4 Å². The van der Waals surface area contributed by atoms with Crippen LogP contribution in [-0.2, 0) is 0 Å². The van der Waals surface area contributed by atoms with E-state index in [1.807, 2.05) is 11.3 Å². The Balaban J connectivity index is 0.973. The highest BCUT2D eigenvalue weighted by Gasteiger charge is 2.21. The fourth-order valence-electron chi connectivity index (χ4n) is 9.41. The van der Waals surface area contributed by atoms with Crippen molar-refractivity contribution in [2.24, 2.45) is 0 Å². The van der Waals surface area contributed by atoms with Crippen molar-refractivity contribution in [3.05, 3.63) is 212 Å². The van der Waals surface area contributed by atoms with E-state index in [1.165, 1.54) is 31.3 Å². The van der Waals surface area contributed by atoms with Crippen LogP contribution in [0.3, 0.4) is 0 Å². The van der Waals surface area contributed by atoms with Crippen molar-refractivity contribution in [3.8, 4) is 56.7 Å². The summed E-state index contributed by atoms with van der Waals surface area (Å²) in [7, 11) is 0. The van der Waals surface area contributed by atoms with Gasteiger partial charge < -0.3 is 0 Å². The highest BCUT2D eigenvalue weighted by atomic mass is 32.1. The quantitative estimate of drug-likeness (QED) is 0.168. The Hall–Kier alpha value is -8.19. The second-order valence-corrected chi connectivity index (χ2v) is 17.1. The summed E-state index contributed by atoms with van der Waals surface area (Å²) in [6.07, 6.45) is 0. The minimum atomic E-state index is 0.556. The number of rotatable bonds is 6. The average molecular weight is 822 g/mol. The van der Waals surface area contributed by atoms with Crippen molar-refractivity contribution in [3.63, 3.8) is 0 Å². The molecule has 0 fully saturated rings. The van der Waals surface area contributed by atoms with E-state index in [-0.39, 0.29) is 0 Å². The summed E-state index contributed by atoms with van der Waals surface area (Å²) < 4.78 is 7.00. The molecule has 0 amide bonds. The van der Waals surface area contributed by atoms with Gasteiger partial charge in [-0.05, 0) is 75.8 Å². The van der Waals surface area contributed by atoms with Crippen LogP contribution in [0.2, 0.25) is 0 Å². The van der Waals surface area contributed by atoms with Crippen LogP contribution in [0.25, 0.3) is 120 Å². The molecule has 63 heavy (non-hydrogen) atoms. The number of hydrogen-bond donors (Lipinski definition) is 0. The molecule has 9 aromatic carbocycles. The van der Waals surface area contributed by atoms with E-state index in [0.29, 0.717) is 17.7 Å². The van der Waals surface area contributed by atoms with Crippen molar-refractivity contribution >= 4 is 75.1 Å². The van der Waals surface area contributed by atoms with Gasteiger partial charge in [-0.3, -0.25) is 9.13 Å². The topological polar surface area (TPSA) is 48.5 Å². The summed E-state index contributed by atoms with van der Waals surface area (Å²) in [6, 6.07) is 75.7. The van der Waals surface area contributed by atoms with Gasteiger partial charge in [0.15, 0.2) is 5.82 Å². The average Bonchev–Trinajstić information content (AvgIpc) is 4.01. The van der Waals surface area contributed by atoms with Crippen LogP contribution < -0.4 is 0 Å². The van der Waals surface area contributed by atoms with Gasteiger partial charge in [-0.25, -0.2) is 0 Å². The molecule has 0 saturated heterocycles.